The molecule has 0 bridgehead atoms. The number of hydrogen-bond acceptors (Lipinski definition) is 1. The fraction of sp³-hybridized carbons (Fsp3) is 0.571. The monoisotopic (exact) mass is 317 g/mol. The molecule has 0 aliphatic rings. The lowest BCUT2D eigenvalue weighted by Gasteiger charge is -2.17. The molecule has 0 amide bonds. The highest BCUT2D eigenvalue weighted by molar-refractivity contribution is 9.10. The van der Waals surface area contributed by atoms with Crippen molar-refractivity contribution in [3.8, 4) is 0 Å². The van der Waals surface area contributed by atoms with Gasteiger partial charge in [0, 0.05) is 10.5 Å². The normalized spacial score (nSPS) is 12.7. The molecular formula is C14H21BrClN. The van der Waals surface area contributed by atoms with Gasteiger partial charge >= 0.3 is 0 Å². The van der Waals surface area contributed by atoms with Crippen LogP contribution in [0, 0.1) is 0 Å². The van der Waals surface area contributed by atoms with Gasteiger partial charge in [-0.3, -0.25) is 0 Å². The van der Waals surface area contributed by atoms with Gasteiger partial charge in [0.2, 0.25) is 0 Å². The highest BCUT2D eigenvalue weighted by atomic mass is 79.9. The Hall–Kier alpha value is -0.0500. The van der Waals surface area contributed by atoms with Crippen molar-refractivity contribution in [3.63, 3.8) is 0 Å². The zero-order chi connectivity index (χ0) is 12.7. The van der Waals surface area contributed by atoms with E-state index in [1.165, 1.54) is 37.7 Å². The van der Waals surface area contributed by atoms with Crippen molar-refractivity contribution in [1.82, 2.24) is 5.32 Å². The van der Waals surface area contributed by atoms with Crippen LogP contribution in [0.15, 0.2) is 22.7 Å². The van der Waals surface area contributed by atoms with Crippen LogP contribution in [0.3, 0.4) is 0 Å². The van der Waals surface area contributed by atoms with Gasteiger partial charge in [0.05, 0.1) is 5.02 Å². The maximum absolute atomic E-state index is 6.01. The molecule has 1 aromatic rings. The van der Waals surface area contributed by atoms with Crippen LogP contribution in [0.1, 0.15) is 50.6 Å². The summed E-state index contributed by atoms with van der Waals surface area (Å²) in [6, 6.07) is 6.61. The average Bonchev–Trinajstić information content (AvgIpc) is 2.33. The summed E-state index contributed by atoms with van der Waals surface area (Å²) in [5.41, 5.74) is 1.31. The Morgan fingerprint density at radius 2 is 2.06 bits per heavy atom. The van der Waals surface area contributed by atoms with Crippen molar-refractivity contribution in [2.45, 2.75) is 45.1 Å². The lowest BCUT2D eigenvalue weighted by molar-refractivity contribution is 0.505. The summed E-state index contributed by atoms with van der Waals surface area (Å²) in [6.07, 6.45) is 6.41. The van der Waals surface area contributed by atoms with Crippen molar-refractivity contribution >= 4 is 27.5 Å². The van der Waals surface area contributed by atoms with Crippen molar-refractivity contribution in [2.24, 2.45) is 0 Å². The fourth-order valence-corrected chi connectivity index (χ4v) is 2.50. The molecule has 1 atom stereocenters. The summed E-state index contributed by atoms with van der Waals surface area (Å²) in [4.78, 5) is 0. The van der Waals surface area contributed by atoms with Crippen LogP contribution in [0.4, 0.5) is 0 Å². The largest absolute Gasteiger partial charge is 0.313 e. The molecule has 96 valence electrons. The van der Waals surface area contributed by atoms with Gasteiger partial charge in [-0.1, -0.05) is 50.3 Å². The second-order valence-electron chi connectivity index (χ2n) is 4.36. The van der Waals surface area contributed by atoms with Crippen molar-refractivity contribution in [2.75, 3.05) is 7.05 Å². The molecule has 0 aromatic heterocycles. The number of hydrogen-bond donors (Lipinski definition) is 1. The molecule has 1 nitrogen and oxygen atoms in total. The topological polar surface area (TPSA) is 12.0 Å². The first-order valence-electron chi connectivity index (χ1n) is 6.31. The SMILES string of the molecule is CCCCCCC(NC)c1ccc(Cl)c(Br)c1. The van der Waals surface area contributed by atoms with Gasteiger partial charge in [-0.25, -0.2) is 0 Å². The van der Waals surface area contributed by atoms with E-state index >= 15 is 0 Å². The van der Waals surface area contributed by atoms with E-state index in [9.17, 15) is 0 Å². The Morgan fingerprint density at radius 1 is 1.29 bits per heavy atom. The van der Waals surface area contributed by atoms with Gasteiger partial charge in [0.1, 0.15) is 0 Å². The van der Waals surface area contributed by atoms with Crippen LogP contribution < -0.4 is 5.32 Å². The molecule has 17 heavy (non-hydrogen) atoms. The molecule has 0 aliphatic heterocycles. The van der Waals surface area contributed by atoms with E-state index in [1.807, 2.05) is 13.1 Å². The number of halogens is 2. The number of unbranched alkanes of at least 4 members (excludes halogenated alkanes) is 3. The third-order valence-electron chi connectivity index (χ3n) is 3.04. The smallest absolute Gasteiger partial charge is 0.0548 e. The van der Waals surface area contributed by atoms with E-state index in [4.69, 9.17) is 11.6 Å². The summed E-state index contributed by atoms with van der Waals surface area (Å²) < 4.78 is 0.977. The minimum absolute atomic E-state index is 0.431. The van der Waals surface area contributed by atoms with E-state index in [0.29, 0.717) is 6.04 Å². The molecule has 1 unspecified atom stereocenters. The Bertz CT molecular complexity index is 341. The number of rotatable bonds is 7. The van der Waals surface area contributed by atoms with Crippen molar-refractivity contribution in [3.05, 3.63) is 33.3 Å². The zero-order valence-corrected chi connectivity index (χ0v) is 12.9. The minimum Gasteiger partial charge on any atom is -0.313 e. The van der Waals surface area contributed by atoms with Gasteiger partial charge in [-0.15, -0.1) is 0 Å². The lowest BCUT2D eigenvalue weighted by Crippen LogP contribution is -2.16. The van der Waals surface area contributed by atoms with E-state index in [-0.39, 0.29) is 0 Å². The summed E-state index contributed by atoms with van der Waals surface area (Å²) >= 11 is 9.48. The third-order valence-corrected chi connectivity index (χ3v) is 4.25. The summed E-state index contributed by atoms with van der Waals surface area (Å²) in [5.74, 6) is 0. The quantitative estimate of drug-likeness (QED) is 0.670. The van der Waals surface area contributed by atoms with E-state index in [2.05, 4.69) is 40.3 Å². The van der Waals surface area contributed by atoms with Gasteiger partial charge in [0.25, 0.3) is 0 Å². The van der Waals surface area contributed by atoms with Gasteiger partial charge in [-0.2, -0.15) is 0 Å². The first-order valence-corrected chi connectivity index (χ1v) is 7.48. The molecule has 0 saturated carbocycles. The Morgan fingerprint density at radius 3 is 2.65 bits per heavy atom. The molecule has 3 heteroatoms. The Balaban J connectivity index is 2.56. The van der Waals surface area contributed by atoms with Gasteiger partial charge in [-0.05, 0) is 47.1 Å². The summed E-state index contributed by atoms with van der Waals surface area (Å²) in [7, 11) is 2.02. The van der Waals surface area contributed by atoms with Crippen LogP contribution in [0.25, 0.3) is 0 Å². The molecule has 1 N–H and O–H groups in total. The molecule has 0 fully saturated rings. The first-order chi connectivity index (χ1) is 8.19. The van der Waals surface area contributed by atoms with Crippen molar-refractivity contribution in [1.29, 1.82) is 0 Å². The van der Waals surface area contributed by atoms with Crippen LogP contribution >= 0.6 is 27.5 Å². The van der Waals surface area contributed by atoms with Crippen LogP contribution in [0.5, 0.6) is 0 Å². The van der Waals surface area contributed by atoms with Crippen LogP contribution in [0.2, 0.25) is 5.02 Å². The number of nitrogens with one attached hydrogen (secondary N) is 1. The molecular weight excluding hydrogens is 298 g/mol. The fourth-order valence-electron chi connectivity index (χ4n) is 1.98. The Labute approximate surface area is 118 Å². The number of benzene rings is 1. The van der Waals surface area contributed by atoms with E-state index in [0.717, 1.165) is 9.50 Å². The zero-order valence-electron chi connectivity index (χ0n) is 10.6. The predicted molar refractivity (Wildman–Crippen MR) is 79.7 cm³/mol. The standard InChI is InChI=1S/C14H21BrClN/c1-3-4-5-6-7-14(17-2)11-8-9-13(16)12(15)10-11/h8-10,14,17H,3-7H2,1-2H3. The Kier molecular flexibility index (Phi) is 7.17. The lowest BCUT2D eigenvalue weighted by atomic mass is 10.0. The van der Waals surface area contributed by atoms with Crippen LogP contribution in [-0.2, 0) is 0 Å². The summed E-state index contributed by atoms with van der Waals surface area (Å²) in [6.45, 7) is 2.24. The van der Waals surface area contributed by atoms with Crippen LogP contribution in [-0.4, -0.2) is 7.05 Å². The second-order valence-corrected chi connectivity index (χ2v) is 5.63. The van der Waals surface area contributed by atoms with E-state index < -0.39 is 0 Å². The third kappa shape index (κ3) is 4.99. The predicted octanol–water partition coefficient (Wildman–Crippen LogP) is 5.33. The molecule has 1 aromatic carbocycles. The van der Waals surface area contributed by atoms with Crippen molar-refractivity contribution < 1.29 is 0 Å². The molecule has 0 aliphatic carbocycles. The van der Waals surface area contributed by atoms with E-state index in [1.54, 1.807) is 0 Å². The van der Waals surface area contributed by atoms with Gasteiger partial charge < -0.3 is 5.32 Å². The second kappa shape index (κ2) is 8.12. The maximum atomic E-state index is 6.01. The molecule has 0 radical (unpaired) electrons. The molecule has 1 rings (SSSR count). The summed E-state index contributed by atoms with van der Waals surface area (Å²) in [5, 5.41) is 4.15. The average molecular weight is 319 g/mol. The van der Waals surface area contributed by atoms with Gasteiger partial charge in [0.15, 0.2) is 0 Å². The molecule has 0 heterocycles. The first kappa shape index (κ1) is 15.0. The minimum atomic E-state index is 0.431. The maximum Gasteiger partial charge on any atom is 0.0548 e. The molecule has 0 saturated heterocycles. The molecule has 0 spiro atoms. The highest BCUT2D eigenvalue weighted by Gasteiger charge is 2.10. The highest BCUT2D eigenvalue weighted by Crippen LogP contribution is 2.28.